The standard InChI is InChI=1S/C15H16N2O5/c1-9(14(20)16(2)3)22-12(18)8-17-11-7-5-4-6-10(11)13(19)15(17)21/h4-7,9H,8H2,1-3H3/t9-/m0/s1. The van der Waals surface area contributed by atoms with Gasteiger partial charge in [-0.05, 0) is 19.1 Å². The zero-order valence-corrected chi connectivity index (χ0v) is 12.5. The van der Waals surface area contributed by atoms with E-state index >= 15 is 0 Å². The predicted octanol–water partition coefficient (Wildman–Crippen LogP) is 0.236. The van der Waals surface area contributed by atoms with E-state index < -0.39 is 30.3 Å². The number of nitrogens with zero attached hydrogens (tertiary/aromatic N) is 2. The first-order valence-electron chi connectivity index (χ1n) is 6.68. The van der Waals surface area contributed by atoms with Gasteiger partial charge in [0, 0.05) is 14.1 Å². The van der Waals surface area contributed by atoms with Gasteiger partial charge in [-0.1, -0.05) is 12.1 Å². The second kappa shape index (κ2) is 5.97. The largest absolute Gasteiger partial charge is 0.451 e. The van der Waals surface area contributed by atoms with Crippen molar-refractivity contribution in [1.29, 1.82) is 0 Å². The molecule has 1 aromatic carbocycles. The second-order valence-corrected chi connectivity index (χ2v) is 5.10. The zero-order chi connectivity index (χ0) is 16.4. The van der Waals surface area contributed by atoms with E-state index in [1.54, 1.807) is 32.3 Å². The summed E-state index contributed by atoms with van der Waals surface area (Å²) in [4.78, 5) is 49.6. The molecular weight excluding hydrogens is 288 g/mol. The average molecular weight is 304 g/mol. The number of hydrogen-bond acceptors (Lipinski definition) is 5. The molecule has 0 spiro atoms. The average Bonchev–Trinajstić information content (AvgIpc) is 2.72. The van der Waals surface area contributed by atoms with Gasteiger partial charge in [-0.15, -0.1) is 0 Å². The summed E-state index contributed by atoms with van der Waals surface area (Å²) in [5.41, 5.74) is 0.638. The first-order chi connectivity index (χ1) is 10.3. The van der Waals surface area contributed by atoms with Gasteiger partial charge in [-0.3, -0.25) is 24.1 Å². The molecule has 7 heteroatoms. The van der Waals surface area contributed by atoms with Crippen LogP contribution in [0, 0.1) is 0 Å². The predicted molar refractivity (Wildman–Crippen MR) is 77.4 cm³/mol. The molecule has 1 atom stereocenters. The Morgan fingerprint density at radius 3 is 2.50 bits per heavy atom. The Morgan fingerprint density at radius 2 is 1.86 bits per heavy atom. The van der Waals surface area contributed by atoms with Gasteiger partial charge in [-0.2, -0.15) is 0 Å². The van der Waals surface area contributed by atoms with E-state index in [9.17, 15) is 19.2 Å². The lowest BCUT2D eigenvalue weighted by Gasteiger charge is -2.19. The highest BCUT2D eigenvalue weighted by Gasteiger charge is 2.37. The third-order valence-electron chi connectivity index (χ3n) is 3.26. The van der Waals surface area contributed by atoms with Crippen LogP contribution in [0.25, 0.3) is 0 Å². The van der Waals surface area contributed by atoms with Gasteiger partial charge < -0.3 is 9.64 Å². The SMILES string of the molecule is C[C@H](OC(=O)CN1C(=O)C(=O)c2ccccc21)C(=O)N(C)C. The van der Waals surface area contributed by atoms with Crippen molar-refractivity contribution in [2.75, 3.05) is 25.5 Å². The van der Waals surface area contributed by atoms with Crippen molar-refractivity contribution in [2.45, 2.75) is 13.0 Å². The van der Waals surface area contributed by atoms with Crippen LogP contribution in [0.1, 0.15) is 17.3 Å². The summed E-state index contributed by atoms with van der Waals surface area (Å²) >= 11 is 0. The maximum absolute atomic E-state index is 11.9. The van der Waals surface area contributed by atoms with E-state index in [0.717, 1.165) is 4.90 Å². The molecule has 0 bridgehead atoms. The minimum atomic E-state index is -0.953. The van der Waals surface area contributed by atoms with Crippen molar-refractivity contribution < 1.29 is 23.9 Å². The number of esters is 1. The molecule has 0 aliphatic carbocycles. The molecule has 0 saturated carbocycles. The number of likely N-dealkylation sites (N-methyl/N-ethyl adjacent to an activating group) is 1. The molecule has 1 heterocycles. The lowest BCUT2D eigenvalue weighted by Crippen LogP contribution is -2.40. The van der Waals surface area contributed by atoms with Crippen molar-refractivity contribution >= 4 is 29.3 Å². The molecule has 2 rings (SSSR count). The number of Topliss-reactive ketones (excluding diaryl/α,β-unsaturated/α-hetero) is 1. The van der Waals surface area contributed by atoms with Crippen molar-refractivity contribution in [3.63, 3.8) is 0 Å². The minimum Gasteiger partial charge on any atom is -0.451 e. The zero-order valence-electron chi connectivity index (χ0n) is 12.5. The van der Waals surface area contributed by atoms with E-state index in [1.807, 2.05) is 0 Å². The molecule has 2 amide bonds. The second-order valence-electron chi connectivity index (χ2n) is 5.10. The number of carbonyl (C=O) groups excluding carboxylic acids is 4. The van der Waals surface area contributed by atoms with Crippen molar-refractivity contribution in [3.8, 4) is 0 Å². The summed E-state index contributed by atoms with van der Waals surface area (Å²) < 4.78 is 5.00. The number of fused-ring (bicyclic) bond motifs is 1. The lowest BCUT2D eigenvalue weighted by atomic mass is 10.1. The first-order valence-corrected chi connectivity index (χ1v) is 6.68. The Morgan fingerprint density at radius 1 is 1.23 bits per heavy atom. The van der Waals surface area contributed by atoms with Crippen LogP contribution >= 0.6 is 0 Å². The molecule has 0 radical (unpaired) electrons. The van der Waals surface area contributed by atoms with Gasteiger partial charge in [0.15, 0.2) is 6.10 Å². The topological polar surface area (TPSA) is 84.0 Å². The summed E-state index contributed by atoms with van der Waals surface area (Å²) in [5, 5.41) is 0. The molecule has 1 aromatic rings. The van der Waals surface area contributed by atoms with Crippen molar-refractivity contribution in [3.05, 3.63) is 29.8 Å². The van der Waals surface area contributed by atoms with Crippen LogP contribution in [0.3, 0.4) is 0 Å². The number of benzene rings is 1. The summed E-state index contributed by atoms with van der Waals surface area (Å²) in [5.74, 6) is -2.54. The van der Waals surface area contributed by atoms with E-state index in [1.165, 1.54) is 17.9 Å². The number of ketones is 1. The number of rotatable bonds is 4. The fourth-order valence-electron chi connectivity index (χ4n) is 2.18. The molecule has 0 aromatic heterocycles. The molecule has 1 aliphatic heterocycles. The number of carbonyl (C=O) groups is 4. The smallest absolute Gasteiger partial charge is 0.326 e. The van der Waals surface area contributed by atoms with Gasteiger partial charge >= 0.3 is 5.97 Å². The van der Waals surface area contributed by atoms with E-state index in [-0.39, 0.29) is 11.5 Å². The highest BCUT2D eigenvalue weighted by Crippen LogP contribution is 2.28. The Bertz CT molecular complexity index is 653. The van der Waals surface area contributed by atoms with Gasteiger partial charge in [0.2, 0.25) is 0 Å². The number of anilines is 1. The quantitative estimate of drug-likeness (QED) is 0.587. The molecule has 0 saturated heterocycles. The van der Waals surface area contributed by atoms with Crippen LogP contribution in [-0.4, -0.2) is 55.2 Å². The Labute approximate surface area is 127 Å². The highest BCUT2D eigenvalue weighted by atomic mass is 16.5. The number of ether oxygens (including phenoxy) is 1. The van der Waals surface area contributed by atoms with Crippen LogP contribution in [0.4, 0.5) is 5.69 Å². The number of hydrogen-bond donors (Lipinski definition) is 0. The van der Waals surface area contributed by atoms with Gasteiger partial charge in [0.1, 0.15) is 6.54 Å². The van der Waals surface area contributed by atoms with Crippen LogP contribution in [0.15, 0.2) is 24.3 Å². The van der Waals surface area contributed by atoms with Crippen molar-refractivity contribution in [2.24, 2.45) is 0 Å². The monoisotopic (exact) mass is 304 g/mol. The molecule has 1 aliphatic rings. The molecule has 0 unspecified atom stereocenters. The highest BCUT2D eigenvalue weighted by molar-refractivity contribution is 6.52. The lowest BCUT2D eigenvalue weighted by molar-refractivity contribution is -0.156. The summed E-state index contributed by atoms with van der Waals surface area (Å²) in [7, 11) is 3.09. The summed E-state index contributed by atoms with van der Waals surface area (Å²) in [6, 6.07) is 6.42. The van der Waals surface area contributed by atoms with E-state index in [4.69, 9.17) is 4.74 Å². The summed E-state index contributed by atoms with van der Waals surface area (Å²) in [6.07, 6.45) is -0.953. The third-order valence-corrected chi connectivity index (χ3v) is 3.26. The van der Waals surface area contributed by atoms with Crippen LogP contribution in [-0.2, 0) is 19.1 Å². The molecular formula is C15H16N2O5. The van der Waals surface area contributed by atoms with Crippen LogP contribution in [0.5, 0.6) is 0 Å². The van der Waals surface area contributed by atoms with Crippen LogP contribution < -0.4 is 4.90 Å². The number of para-hydroxylation sites is 1. The van der Waals surface area contributed by atoms with E-state index in [0.29, 0.717) is 5.69 Å². The van der Waals surface area contributed by atoms with Gasteiger partial charge in [-0.25, -0.2) is 0 Å². The Kier molecular flexibility index (Phi) is 4.25. The maximum Gasteiger partial charge on any atom is 0.326 e. The first kappa shape index (κ1) is 15.7. The summed E-state index contributed by atoms with van der Waals surface area (Å²) in [6.45, 7) is 1.04. The molecule has 22 heavy (non-hydrogen) atoms. The van der Waals surface area contributed by atoms with Gasteiger partial charge in [0.05, 0.1) is 11.3 Å². The Balaban J connectivity index is 2.08. The molecule has 0 fully saturated rings. The van der Waals surface area contributed by atoms with E-state index in [2.05, 4.69) is 0 Å². The normalized spacial score (nSPS) is 14.6. The minimum absolute atomic E-state index is 0.262. The fourth-order valence-corrected chi connectivity index (χ4v) is 2.18. The molecule has 116 valence electrons. The third kappa shape index (κ3) is 2.83. The molecule has 0 N–H and O–H groups in total. The Hall–Kier alpha value is -2.70. The molecule has 7 nitrogen and oxygen atoms in total. The maximum atomic E-state index is 11.9. The van der Waals surface area contributed by atoms with Gasteiger partial charge in [0.25, 0.3) is 17.6 Å². The van der Waals surface area contributed by atoms with Crippen molar-refractivity contribution in [1.82, 2.24) is 4.90 Å². The number of amides is 2. The fraction of sp³-hybridized carbons (Fsp3) is 0.333. The van der Waals surface area contributed by atoms with Crippen LogP contribution in [0.2, 0.25) is 0 Å².